The van der Waals surface area contributed by atoms with Crippen molar-refractivity contribution in [1.82, 2.24) is 15.2 Å². The second kappa shape index (κ2) is 10.1. The molecule has 4 rings (SSSR count). The summed E-state index contributed by atoms with van der Waals surface area (Å²) in [4.78, 5) is 18.9. The number of anilines is 1. The number of carbonyl (C=O) groups is 1. The fourth-order valence-corrected chi connectivity index (χ4v) is 3.75. The van der Waals surface area contributed by atoms with E-state index in [4.69, 9.17) is 14.2 Å². The molecule has 2 aliphatic rings. The summed E-state index contributed by atoms with van der Waals surface area (Å²) in [5.41, 5.74) is 0.0101. The van der Waals surface area contributed by atoms with E-state index in [9.17, 15) is 13.6 Å². The highest BCUT2D eigenvalue weighted by Gasteiger charge is 2.34. The zero-order valence-electron chi connectivity index (χ0n) is 17.8. The predicted molar refractivity (Wildman–Crippen MR) is 113 cm³/mol. The number of nitrogens with zero attached hydrogens (tertiary/aromatic N) is 2. The molecule has 32 heavy (non-hydrogen) atoms. The maximum absolute atomic E-state index is 14.4. The maximum atomic E-state index is 14.4. The average molecular weight is 448 g/mol. The maximum Gasteiger partial charge on any atom is 0.320 e. The predicted octanol–water partition coefficient (Wildman–Crippen LogP) is 2.96. The van der Waals surface area contributed by atoms with Crippen molar-refractivity contribution in [3.05, 3.63) is 47.7 Å². The van der Waals surface area contributed by atoms with Crippen LogP contribution in [0.4, 0.5) is 19.4 Å². The molecule has 0 aliphatic carbocycles. The summed E-state index contributed by atoms with van der Waals surface area (Å²) in [5.74, 6) is -0.803. The lowest BCUT2D eigenvalue weighted by atomic mass is 9.91. The van der Waals surface area contributed by atoms with Gasteiger partial charge in [-0.15, -0.1) is 0 Å². The van der Waals surface area contributed by atoms with E-state index in [2.05, 4.69) is 20.5 Å². The van der Waals surface area contributed by atoms with Gasteiger partial charge in [0.15, 0.2) is 11.6 Å². The van der Waals surface area contributed by atoms with E-state index >= 15 is 0 Å². The highest BCUT2D eigenvalue weighted by molar-refractivity contribution is 5.88. The van der Waals surface area contributed by atoms with Crippen molar-refractivity contribution in [1.29, 1.82) is 0 Å². The molecule has 2 aromatic rings. The molecule has 1 aromatic carbocycles. The Bertz CT molecular complexity index is 938. The molecule has 1 unspecified atom stereocenters. The van der Waals surface area contributed by atoms with Gasteiger partial charge in [-0.25, -0.2) is 18.6 Å². The summed E-state index contributed by atoms with van der Waals surface area (Å²) < 4.78 is 44.7. The number of pyridine rings is 1. The first-order valence-electron chi connectivity index (χ1n) is 10.6. The van der Waals surface area contributed by atoms with Crippen LogP contribution < -0.4 is 20.1 Å². The number of fused-ring (bicyclic) bond motifs is 1. The molecular weight excluding hydrogens is 422 g/mol. The first-order valence-corrected chi connectivity index (χ1v) is 10.6. The van der Waals surface area contributed by atoms with Gasteiger partial charge in [-0.05, 0) is 24.3 Å². The molecule has 1 saturated heterocycles. The van der Waals surface area contributed by atoms with Crippen LogP contribution in [-0.4, -0.2) is 62.0 Å². The van der Waals surface area contributed by atoms with Crippen LogP contribution in [0, 0.1) is 17.6 Å². The quantitative estimate of drug-likeness (QED) is 0.707. The van der Waals surface area contributed by atoms with E-state index in [1.165, 1.54) is 6.20 Å². The molecule has 0 radical (unpaired) electrons. The minimum Gasteiger partial charge on any atom is -0.491 e. The first-order chi connectivity index (χ1) is 15.5. The van der Waals surface area contributed by atoms with Crippen molar-refractivity contribution < 1.29 is 27.8 Å². The number of nitrogens with one attached hydrogen (secondary N) is 2. The number of ether oxygens (including phenoxy) is 3. The molecule has 0 saturated carbocycles. The van der Waals surface area contributed by atoms with Crippen LogP contribution >= 0.6 is 0 Å². The number of morpholine rings is 1. The summed E-state index contributed by atoms with van der Waals surface area (Å²) in [6, 6.07) is 4.05. The number of carbonyl (C=O) groups excluding carboxylic acids is 1. The fraction of sp³-hybridized carbons (Fsp3) is 0.455. The van der Waals surface area contributed by atoms with Gasteiger partial charge < -0.3 is 19.5 Å². The monoisotopic (exact) mass is 448 g/mol. The van der Waals surface area contributed by atoms with E-state index in [0.29, 0.717) is 18.2 Å². The molecule has 10 heteroatoms. The Morgan fingerprint density at radius 2 is 2.00 bits per heavy atom. The van der Waals surface area contributed by atoms with E-state index in [0.717, 1.165) is 45.0 Å². The normalized spacial score (nSPS) is 20.7. The van der Waals surface area contributed by atoms with Gasteiger partial charge in [-0.3, -0.25) is 10.2 Å². The summed E-state index contributed by atoms with van der Waals surface area (Å²) in [6.45, 7) is 6.55. The first kappa shape index (κ1) is 22.2. The third kappa shape index (κ3) is 5.25. The van der Waals surface area contributed by atoms with Crippen molar-refractivity contribution in [2.75, 3.05) is 51.4 Å². The Kier molecular flexibility index (Phi) is 7.01. The summed E-state index contributed by atoms with van der Waals surface area (Å²) in [7, 11) is 0. The van der Waals surface area contributed by atoms with Crippen LogP contribution in [0.3, 0.4) is 0 Å². The molecule has 0 bridgehead atoms. The molecule has 2 aliphatic heterocycles. The summed E-state index contributed by atoms with van der Waals surface area (Å²) in [5, 5.41) is 5.32. The average Bonchev–Trinajstić information content (AvgIpc) is 2.80. The van der Waals surface area contributed by atoms with Crippen molar-refractivity contribution in [2.24, 2.45) is 5.92 Å². The van der Waals surface area contributed by atoms with E-state index in [-0.39, 0.29) is 23.8 Å². The van der Waals surface area contributed by atoms with E-state index in [1.54, 1.807) is 19.1 Å². The van der Waals surface area contributed by atoms with Crippen LogP contribution in [0.2, 0.25) is 0 Å². The summed E-state index contributed by atoms with van der Waals surface area (Å²) in [6.07, 6.45) is 1.52. The van der Waals surface area contributed by atoms with Crippen LogP contribution in [0.1, 0.15) is 18.5 Å². The Morgan fingerprint density at radius 1 is 1.22 bits per heavy atom. The van der Waals surface area contributed by atoms with Crippen LogP contribution in [-0.2, 0) is 4.74 Å². The summed E-state index contributed by atoms with van der Waals surface area (Å²) >= 11 is 0. The van der Waals surface area contributed by atoms with Crippen molar-refractivity contribution >= 4 is 11.8 Å². The van der Waals surface area contributed by atoms with Gasteiger partial charge in [-0.1, -0.05) is 6.92 Å². The van der Waals surface area contributed by atoms with Crippen LogP contribution in [0.5, 0.6) is 11.5 Å². The lowest BCUT2D eigenvalue weighted by Gasteiger charge is -2.32. The van der Waals surface area contributed by atoms with Crippen molar-refractivity contribution in [3.63, 3.8) is 0 Å². The van der Waals surface area contributed by atoms with Gasteiger partial charge in [0.2, 0.25) is 0 Å². The van der Waals surface area contributed by atoms with Gasteiger partial charge in [0.25, 0.3) is 0 Å². The molecule has 2 N–H and O–H groups in total. The second-order valence-electron chi connectivity index (χ2n) is 7.82. The zero-order valence-corrected chi connectivity index (χ0v) is 17.8. The second-order valence-corrected chi connectivity index (χ2v) is 7.82. The molecule has 1 aromatic heterocycles. The molecule has 3 heterocycles. The van der Waals surface area contributed by atoms with Crippen LogP contribution in [0.15, 0.2) is 30.5 Å². The van der Waals surface area contributed by atoms with Gasteiger partial charge in [-0.2, -0.15) is 0 Å². The Balaban J connectivity index is 1.31. The molecule has 8 nitrogen and oxygen atoms in total. The number of aromatic nitrogens is 1. The Hall–Kier alpha value is -2.98. The minimum absolute atomic E-state index is 0.0101. The van der Waals surface area contributed by atoms with Gasteiger partial charge in [0.05, 0.1) is 37.6 Å². The molecule has 172 valence electrons. The zero-order chi connectivity index (χ0) is 22.5. The highest BCUT2D eigenvalue weighted by Crippen LogP contribution is 2.38. The number of amides is 2. The lowest BCUT2D eigenvalue weighted by Crippen LogP contribution is -2.40. The number of hydrogen-bond acceptors (Lipinski definition) is 6. The topological polar surface area (TPSA) is 85.0 Å². The Morgan fingerprint density at radius 3 is 2.75 bits per heavy atom. The molecule has 2 atom stereocenters. The van der Waals surface area contributed by atoms with Crippen molar-refractivity contribution in [2.45, 2.75) is 13.0 Å². The fourth-order valence-electron chi connectivity index (χ4n) is 3.75. The van der Waals surface area contributed by atoms with Gasteiger partial charge in [0.1, 0.15) is 24.0 Å². The van der Waals surface area contributed by atoms with Crippen LogP contribution in [0.25, 0.3) is 0 Å². The van der Waals surface area contributed by atoms with Gasteiger partial charge in [0, 0.05) is 25.6 Å². The third-order valence-electron chi connectivity index (χ3n) is 5.51. The SMILES string of the molecule is CC1COc2c(F)ccc(F)c2[C@@H]1NC(=O)Nc1ccc(OCCN2CCOCC2)cn1. The number of urea groups is 1. The molecule has 1 fully saturated rings. The van der Waals surface area contributed by atoms with E-state index < -0.39 is 23.7 Å². The minimum atomic E-state index is -0.739. The molecule has 2 amide bonds. The number of rotatable bonds is 6. The Labute approximate surface area is 184 Å². The smallest absolute Gasteiger partial charge is 0.320 e. The van der Waals surface area contributed by atoms with Crippen molar-refractivity contribution in [3.8, 4) is 11.5 Å². The molecule has 0 spiro atoms. The van der Waals surface area contributed by atoms with E-state index in [1.807, 2.05) is 0 Å². The molecular formula is C22H26F2N4O4. The highest BCUT2D eigenvalue weighted by atomic mass is 19.1. The third-order valence-corrected chi connectivity index (χ3v) is 5.51. The lowest BCUT2D eigenvalue weighted by molar-refractivity contribution is 0.0322. The standard InChI is InChI=1S/C22H26F2N4O4/c1-14-13-32-21-17(24)4-3-16(23)19(21)20(14)27-22(29)26-18-5-2-15(12-25-18)31-11-8-28-6-9-30-10-7-28/h2-5,12,14,20H,6-11,13H2,1H3,(H2,25,26,27,29)/t14?,20-/m1/s1. The number of hydrogen-bond donors (Lipinski definition) is 2. The van der Waals surface area contributed by atoms with Gasteiger partial charge >= 0.3 is 6.03 Å². The number of benzene rings is 1. The largest absolute Gasteiger partial charge is 0.491 e. The number of halogens is 2.